The normalized spacial score (nSPS) is 10.6. The van der Waals surface area contributed by atoms with E-state index in [4.69, 9.17) is 14.2 Å². The zero-order chi connectivity index (χ0) is 21.3. The number of allylic oxidation sites excluding steroid dienone is 1. The first kappa shape index (κ1) is 21.1. The van der Waals surface area contributed by atoms with Crippen LogP contribution in [0.1, 0.15) is 15.2 Å². The number of carbonyl (C=O) groups excluding carboxylic acids is 2. The lowest BCUT2D eigenvalue weighted by Crippen LogP contribution is -2.20. The van der Waals surface area contributed by atoms with E-state index in [-0.39, 0.29) is 18.3 Å². The van der Waals surface area contributed by atoms with Crippen LogP contribution in [0.5, 0.6) is 17.2 Å². The number of hydrogen-bond acceptors (Lipinski definition) is 6. The van der Waals surface area contributed by atoms with E-state index in [9.17, 15) is 9.59 Å². The molecule has 7 heteroatoms. The van der Waals surface area contributed by atoms with Crippen LogP contribution in [-0.2, 0) is 4.79 Å². The lowest BCUT2D eigenvalue weighted by atomic mass is 10.1. The van der Waals surface area contributed by atoms with E-state index in [1.165, 1.54) is 31.6 Å². The number of benzene rings is 2. The maximum atomic E-state index is 12.2. The monoisotopic (exact) mass is 423 g/mol. The van der Waals surface area contributed by atoms with Crippen molar-refractivity contribution in [2.45, 2.75) is 0 Å². The van der Waals surface area contributed by atoms with Crippen molar-refractivity contribution >= 4 is 34.8 Å². The number of amides is 1. The molecule has 0 bridgehead atoms. The molecule has 1 heterocycles. The van der Waals surface area contributed by atoms with Crippen molar-refractivity contribution < 1.29 is 23.8 Å². The Balaban J connectivity index is 1.62. The number of ketones is 1. The number of carbonyl (C=O) groups is 2. The molecule has 0 atom stereocenters. The van der Waals surface area contributed by atoms with E-state index in [0.29, 0.717) is 27.8 Å². The summed E-state index contributed by atoms with van der Waals surface area (Å²) in [6, 6.07) is 16.0. The van der Waals surface area contributed by atoms with Crippen LogP contribution < -0.4 is 19.5 Å². The van der Waals surface area contributed by atoms with Crippen molar-refractivity contribution in [3.05, 3.63) is 76.5 Å². The largest absolute Gasteiger partial charge is 0.495 e. The van der Waals surface area contributed by atoms with Gasteiger partial charge >= 0.3 is 0 Å². The fourth-order valence-electron chi connectivity index (χ4n) is 2.66. The quantitative estimate of drug-likeness (QED) is 0.400. The summed E-state index contributed by atoms with van der Waals surface area (Å²) in [6.07, 6.45) is 3.23. The van der Waals surface area contributed by atoms with E-state index < -0.39 is 0 Å². The topological polar surface area (TPSA) is 73.9 Å². The number of rotatable bonds is 9. The van der Waals surface area contributed by atoms with Gasteiger partial charge in [0.1, 0.15) is 5.75 Å². The van der Waals surface area contributed by atoms with Crippen LogP contribution in [0.25, 0.3) is 6.08 Å². The summed E-state index contributed by atoms with van der Waals surface area (Å²) < 4.78 is 16.2. The lowest BCUT2D eigenvalue weighted by Gasteiger charge is -2.12. The molecular weight excluding hydrogens is 402 g/mol. The molecule has 2 aromatic carbocycles. The Hall–Kier alpha value is -3.58. The fourth-order valence-corrected chi connectivity index (χ4v) is 3.30. The minimum Gasteiger partial charge on any atom is -0.495 e. The van der Waals surface area contributed by atoms with Gasteiger partial charge in [-0.2, -0.15) is 0 Å². The van der Waals surface area contributed by atoms with Crippen molar-refractivity contribution in [3.8, 4) is 17.2 Å². The Labute approximate surface area is 178 Å². The van der Waals surface area contributed by atoms with Crippen LogP contribution >= 0.6 is 11.3 Å². The van der Waals surface area contributed by atoms with Crippen LogP contribution in [0.3, 0.4) is 0 Å². The first-order chi connectivity index (χ1) is 14.6. The second-order valence-electron chi connectivity index (χ2n) is 6.12. The molecule has 0 aliphatic carbocycles. The summed E-state index contributed by atoms with van der Waals surface area (Å²) in [5.41, 5.74) is 1.35. The second kappa shape index (κ2) is 10.3. The van der Waals surface area contributed by atoms with Gasteiger partial charge in [0.05, 0.1) is 24.8 Å². The van der Waals surface area contributed by atoms with Gasteiger partial charge in [-0.05, 0) is 47.4 Å². The van der Waals surface area contributed by atoms with Crippen LogP contribution in [0, 0.1) is 0 Å². The molecule has 154 valence electrons. The minimum absolute atomic E-state index is 0.0581. The van der Waals surface area contributed by atoms with Gasteiger partial charge in [-0.25, -0.2) is 0 Å². The summed E-state index contributed by atoms with van der Waals surface area (Å²) in [4.78, 5) is 25.0. The summed E-state index contributed by atoms with van der Waals surface area (Å²) in [7, 11) is 3.05. The van der Waals surface area contributed by atoms with Crippen molar-refractivity contribution in [2.24, 2.45) is 0 Å². The molecule has 0 saturated carbocycles. The molecule has 1 N–H and O–H groups in total. The van der Waals surface area contributed by atoms with Gasteiger partial charge in [-0.15, -0.1) is 11.3 Å². The van der Waals surface area contributed by atoms with Crippen LogP contribution in [0.4, 0.5) is 5.69 Å². The third-order valence-electron chi connectivity index (χ3n) is 4.12. The van der Waals surface area contributed by atoms with Crippen LogP contribution in [-0.4, -0.2) is 32.5 Å². The highest BCUT2D eigenvalue weighted by Crippen LogP contribution is 2.29. The molecule has 0 radical (unpaired) electrons. The standard InChI is InChI=1S/C23H21NO5S/c1-27-19-7-4-3-6-17(19)24-23(26)15-29-20-12-10-16(14-21(20)28-2)9-11-18(25)22-8-5-13-30-22/h3-14H,15H2,1-2H3,(H,24,26)/b11-9+. The third-order valence-corrected chi connectivity index (χ3v) is 5.00. The highest BCUT2D eigenvalue weighted by molar-refractivity contribution is 7.12. The molecule has 0 aliphatic heterocycles. The molecular formula is C23H21NO5S. The smallest absolute Gasteiger partial charge is 0.262 e. The SMILES string of the molecule is COc1ccccc1NC(=O)COc1ccc(/C=C/C(=O)c2cccs2)cc1OC. The Kier molecular flexibility index (Phi) is 7.24. The zero-order valence-corrected chi connectivity index (χ0v) is 17.4. The Morgan fingerprint density at radius 2 is 1.77 bits per heavy atom. The molecule has 3 aromatic rings. The molecule has 0 aliphatic rings. The Bertz CT molecular complexity index is 1040. The summed E-state index contributed by atoms with van der Waals surface area (Å²) >= 11 is 1.40. The van der Waals surface area contributed by atoms with E-state index in [1.54, 1.807) is 48.5 Å². The van der Waals surface area contributed by atoms with E-state index in [1.807, 2.05) is 17.5 Å². The predicted molar refractivity (Wildman–Crippen MR) is 118 cm³/mol. The molecule has 0 fully saturated rings. The van der Waals surface area contributed by atoms with Crippen molar-refractivity contribution in [3.63, 3.8) is 0 Å². The van der Waals surface area contributed by atoms with Crippen molar-refractivity contribution in [1.82, 2.24) is 0 Å². The number of ether oxygens (including phenoxy) is 3. The van der Waals surface area contributed by atoms with Crippen molar-refractivity contribution in [2.75, 3.05) is 26.1 Å². The molecule has 0 spiro atoms. The highest BCUT2D eigenvalue weighted by atomic mass is 32.1. The molecule has 6 nitrogen and oxygen atoms in total. The van der Waals surface area contributed by atoms with Gasteiger partial charge in [-0.1, -0.05) is 30.3 Å². The fraction of sp³-hybridized carbons (Fsp3) is 0.130. The highest BCUT2D eigenvalue weighted by Gasteiger charge is 2.11. The lowest BCUT2D eigenvalue weighted by molar-refractivity contribution is -0.118. The molecule has 30 heavy (non-hydrogen) atoms. The molecule has 3 rings (SSSR count). The summed E-state index contributed by atoms with van der Waals surface area (Å²) in [5.74, 6) is 1.07. The van der Waals surface area contributed by atoms with Crippen LogP contribution in [0.2, 0.25) is 0 Å². The van der Waals surface area contributed by atoms with E-state index in [2.05, 4.69) is 5.32 Å². The van der Waals surface area contributed by atoms with E-state index >= 15 is 0 Å². The number of para-hydroxylation sites is 2. The summed E-state index contributed by atoms with van der Waals surface area (Å²) in [5, 5.41) is 4.61. The predicted octanol–water partition coefficient (Wildman–Crippen LogP) is 4.68. The number of methoxy groups -OCH3 is 2. The first-order valence-electron chi connectivity index (χ1n) is 9.10. The maximum absolute atomic E-state index is 12.2. The minimum atomic E-state index is -0.327. The number of anilines is 1. The molecule has 0 saturated heterocycles. The van der Waals surface area contributed by atoms with Crippen molar-refractivity contribution in [1.29, 1.82) is 0 Å². The average molecular weight is 423 g/mol. The third kappa shape index (κ3) is 5.48. The van der Waals surface area contributed by atoms with Gasteiger partial charge in [0, 0.05) is 0 Å². The number of hydrogen-bond donors (Lipinski definition) is 1. The number of thiophene rings is 1. The Morgan fingerprint density at radius 3 is 2.50 bits per heavy atom. The van der Waals surface area contributed by atoms with Gasteiger partial charge < -0.3 is 19.5 Å². The second-order valence-corrected chi connectivity index (χ2v) is 7.07. The zero-order valence-electron chi connectivity index (χ0n) is 16.6. The average Bonchev–Trinajstić information content (AvgIpc) is 3.31. The molecule has 0 unspecified atom stereocenters. The van der Waals surface area contributed by atoms with E-state index in [0.717, 1.165) is 5.56 Å². The van der Waals surface area contributed by atoms with Crippen LogP contribution in [0.15, 0.2) is 66.1 Å². The Morgan fingerprint density at radius 1 is 0.967 bits per heavy atom. The van der Waals surface area contributed by atoms with Gasteiger partial charge in [0.15, 0.2) is 23.9 Å². The maximum Gasteiger partial charge on any atom is 0.262 e. The van der Waals surface area contributed by atoms with Gasteiger partial charge in [0.25, 0.3) is 5.91 Å². The van der Waals surface area contributed by atoms with Gasteiger partial charge in [-0.3, -0.25) is 9.59 Å². The molecule has 1 amide bonds. The number of nitrogens with one attached hydrogen (secondary N) is 1. The molecule has 1 aromatic heterocycles. The van der Waals surface area contributed by atoms with Gasteiger partial charge in [0.2, 0.25) is 0 Å². The summed E-state index contributed by atoms with van der Waals surface area (Å²) in [6.45, 7) is -0.194. The first-order valence-corrected chi connectivity index (χ1v) is 9.98.